The Hall–Kier alpha value is -2.05. The zero-order valence-electron chi connectivity index (χ0n) is 19.2. The number of ether oxygens (including phenoxy) is 4. The van der Waals surface area contributed by atoms with Gasteiger partial charge in [0.25, 0.3) is 0 Å². The molecule has 2 aromatic carbocycles. The molecule has 0 amide bonds. The zero-order valence-corrected chi connectivity index (χ0v) is 19.2. The van der Waals surface area contributed by atoms with Gasteiger partial charge < -0.3 is 18.9 Å². The first-order valence-corrected chi connectivity index (χ1v) is 11.6. The molecule has 0 N–H and O–H groups in total. The van der Waals surface area contributed by atoms with Crippen molar-refractivity contribution in [1.82, 2.24) is 0 Å². The van der Waals surface area contributed by atoms with E-state index in [4.69, 9.17) is 18.9 Å². The fourth-order valence-corrected chi connectivity index (χ4v) is 4.00. The van der Waals surface area contributed by atoms with Crippen molar-refractivity contribution in [2.45, 2.75) is 39.9 Å². The van der Waals surface area contributed by atoms with Gasteiger partial charge >= 0.3 is 0 Å². The third-order valence-electron chi connectivity index (χ3n) is 6.92. The van der Waals surface area contributed by atoms with E-state index in [1.807, 2.05) is 48.5 Å². The molecule has 172 valence electrons. The SMILES string of the molecule is CCC1(COCc2ccc(C(=O)c3ccc(COCC4(CC)COC4)cc3)cc2)COC1. The van der Waals surface area contributed by atoms with Crippen molar-refractivity contribution in [2.24, 2.45) is 10.8 Å². The van der Waals surface area contributed by atoms with Crippen LogP contribution in [0.25, 0.3) is 0 Å². The van der Waals surface area contributed by atoms with Gasteiger partial charge in [0.15, 0.2) is 5.78 Å². The molecule has 2 aliphatic rings. The smallest absolute Gasteiger partial charge is 0.193 e. The van der Waals surface area contributed by atoms with Crippen LogP contribution in [0, 0.1) is 10.8 Å². The van der Waals surface area contributed by atoms with E-state index < -0.39 is 0 Å². The third-order valence-corrected chi connectivity index (χ3v) is 6.92. The maximum atomic E-state index is 12.8. The lowest BCUT2D eigenvalue weighted by atomic mass is 9.84. The Kier molecular flexibility index (Phi) is 7.41. The minimum atomic E-state index is 0.0260. The molecule has 0 saturated carbocycles. The quantitative estimate of drug-likeness (QED) is 0.446. The highest BCUT2D eigenvalue weighted by atomic mass is 16.5. The van der Waals surface area contributed by atoms with Crippen molar-refractivity contribution < 1.29 is 23.7 Å². The number of hydrogen-bond donors (Lipinski definition) is 0. The Morgan fingerprint density at radius 2 is 1.09 bits per heavy atom. The molecule has 5 nitrogen and oxygen atoms in total. The first-order chi connectivity index (χ1) is 15.6. The summed E-state index contributed by atoms with van der Waals surface area (Å²) < 4.78 is 22.5. The second kappa shape index (κ2) is 10.3. The number of rotatable bonds is 12. The van der Waals surface area contributed by atoms with Gasteiger partial charge in [-0.25, -0.2) is 0 Å². The molecule has 0 radical (unpaired) electrons. The summed E-state index contributed by atoms with van der Waals surface area (Å²) >= 11 is 0. The van der Waals surface area contributed by atoms with E-state index in [9.17, 15) is 4.79 Å². The molecule has 2 heterocycles. The molecule has 0 aliphatic carbocycles. The van der Waals surface area contributed by atoms with Crippen LogP contribution in [0.15, 0.2) is 48.5 Å². The molecule has 0 spiro atoms. The molecule has 0 aromatic heterocycles. The van der Waals surface area contributed by atoms with Crippen molar-refractivity contribution in [3.8, 4) is 0 Å². The van der Waals surface area contributed by atoms with E-state index >= 15 is 0 Å². The summed E-state index contributed by atoms with van der Waals surface area (Å²) in [5.74, 6) is 0.0260. The Morgan fingerprint density at radius 1 is 0.719 bits per heavy atom. The molecule has 0 bridgehead atoms. The topological polar surface area (TPSA) is 54.0 Å². The average Bonchev–Trinajstić information content (AvgIpc) is 2.78. The van der Waals surface area contributed by atoms with Gasteiger partial charge in [0.05, 0.1) is 52.9 Å². The minimum Gasteiger partial charge on any atom is -0.380 e. The summed E-state index contributed by atoms with van der Waals surface area (Å²) in [7, 11) is 0. The van der Waals surface area contributed by atoms with Gasteiger partial charge in [-0.1, -0.05) is 62.4 Å². The van der Waals surface area contributed by atoms with Gasteiger partial charge in [-0.05, 0) is 24.0 Å². The van der Waals surface area contributed by atoms with E-state index in [1.54, 1.807) is 0 Å². The Balaban J connectivity index is 1.25. The maximum absolute atomic E-state index is 12.8. The molecule has 2 aliphatic heterocycles. The van der Waals surface area contributed by atoms with Crippen LogP contribution < -0.4 is 0 Å². The highest BCUT2D eigenvalue weighted by Crippen LogP contribution is 2.32. The molecule has 32 heavy (non-hydrogen) atoms. The number of carbonyl (C=O) groups is 1. The molecule has 2 aromatic rings. The second-order valence-corrected chi connectivity index (χ2v) is 9.40. The molecule has 5 heteroatoms. The molecule has 0 unspecified atom stereocenters. The van der Waals surface area contributed by atoms with Crippen LogP contribution in [-0.4, -0.2) is 45.4 Å². The zero-order chi connectivity index (χ0) is 22.4. The largest absolute Gasteiger partial charge is 0.380 e. The number of ketones is 1. The molecular weight excluding hydrogens is 404 g/mol. The van der Waals surface area contributed by atoms with Crippen LogP contribution in [0.4, 0.5) is 0 Å². The van der Waals surface area contributed by atoms with Crippen LogP contribution in [0.3, 0.4) is 0 Å². The first-order valence-electron chi connectivity index (χ1n) is 11.6. The monoisotopic (exact) mass is 438 g/mol. The Morgan fingerprint density at radius 3 is 1.38 bits per heavy atom. The van der Waals surface area contributed by atoms with Gasteiger partial charge in [0.1, 0.15) is 0 Å². The van der Waals surface area contributed by atoms with Crippen LogP contribution >= 0.6 is 0 Å². The molecule has 0 atom stereocenters. The molecule has 2 saturated heterocycles. The standard InChI is InChI=1S/C27H34O5/c1-3-26(17-31-18-26)15-29-13-21-5-9-23(10-6-21)25(28)24-11-7-22(8-12-24)14-30-16-27(4-2)19-32-20-27/h5-12H,3-4,13-20H2,1-2H3. The van der Waals surface area contributed by atoms with Gasteiger partial charge in [0, 0.05) is 22.0 Å². The number of benzene rings is 2. The van der Waals surface area contributed by atoms with Gasteiger partial charge in [-0.3, -0.25) is 4.79 Å². The predicted molar refractivity (Wildman–Crippen MR) is 123 cm³/mol. The van der Waals surface area contributed by atoms with Crippen LogP contribution in [0.2, 0.25) is 0 Å². The van der Waals surface area contributed by atoms with Crippen LogP contribution in [0.1, 0.15) is 53.7 Å². The summed E-state index contributed by atoms with van der Waals surface area (Å²) in [4.78, 5) is 12.8. The summed E-state index contributed by atoms with van der Waals surface area (Å²) in [6.45, 7) is 10.0. The average molecular weight is 439 g/mol. The molecule has 2 fully saturated rings. The van der Waals surface area contributed by atoms with E-state index in [2.05, 4.69) is 13.8 Å². The summed E-state index contributed by atoms with van der Waals surface area (Å²) in [5, 5.41) is 0. The normalized spacial score (nSPS) is 18.6. The number of hydrogen-bond acceptors (Lipinski definition) is 5. The van der Waals surface area contributed by atoms with Crippen molar-refractivity contribution in [1.29, 1.82) is 0 Å². The second-order valence-electron chi connectivity index (χ2n) is 9.40. The lowest BCUT2D eigenvalue weighted by molar-refractivity contribution is -0.152. The summed E-state index contributed by atoms with van der Waals surface area (Å²) in [5.41, 5.74) is 3.89. The predicted octanol–water partition coefficient (Wildman–Crippen LogP) is 4.80. The first kappa shape index (κ1) is 23.1. The highest BCUT2D eigenvalue weighted by molar-refractivity contribution is 6.08. The summed E-state index contributed by atoms with van der Waals surface area (Å²) in [6, 6.07) is 15.4. The summed E-state index contributed by atoms with van der Waals surface area (Å²) in [6.07, 6.45) is 2.14. The Bertz CT molecular complexity index is 795. The van der Waals surface area contributed by atoms with E-state index in [1.165, 1.54) is 0 Å². The highest BCUT2D eigenvalue weighted by Gasteiger charge is 2.37. The third kappa shape index (κ3) is 5.29. The fraction of sp³-hybridized carbons (Fsp3) is 0.519. The fourth-order valence-electron chi connectivity index (χ4n) is 4.00. The lowest BCUT2D eigenvalue weighted by Crippen LogP contribution is -2.45. The number of carbonyl (C=O) groups excluding carboxylic acids is 1. The van der Waals surface area contributed by atoms with Crippen LogP contribution in [-0.2, 0) is 32.2 Å². The van der Waals surface area contributed by atoms with Gasteiger partial charge in [0.2, 0.25) is 0 Å². The van der Waals surface area contributed by atoms with Gasteiger partial charge in [-0.15, -0.1) is 0 Å². The molecular formula is C27H34O5. The van der Waals surface area contributed by atoms with Crippen molar-refractivity contribution >= 4 is 5.78 Å². The van der Waals surface area contributed by atoms with E-state index in [0.717, 1.165) is 50.4 Å². The molecule has 4 rings (SSSR count). The van der Waals surface area contributed by atoms with Crippen molar-refractivity contribution in [3.63, 3.8) is 0 Å². The van der Waals surface area contributed by atoms with E-state index in [-0.39, 0.29) is 16.6 Å². The van der Waals surface area contributed by atoms with Crippen molar-refractivity contribution in [3.05, 3.63) is 70.8 Å². The lowest BCUT2D eigenvalue weighted by Gasteiger charge is -2.40. The van der Waals surface area contributed by atoms with Gasteiger partial charge in [-0.2, -0.15) is 0 Å². The van der Waals surface area contributed by atoms with E-state index in [0.29, 0.717) is 37.6 Å². The Labute approximate surface area is 191 Å². The van der Waals surface area contributed by atoms with Crippen LogP contribution in [0.5, 0.6) is 0 Å². The van der Waals surface area contributed by atoms with Crippen molar-refractivity contribution in [2.75, 3.05) is 39.6 Å². The maximum Gasteiger partial charge on any atom is 0.193 e. The minimum absolute atomic E-state index is 0.0260.